The highest BCUT2D eigenvalue weighted by Crippen LogP contribution is 2.18. The van der Waals surface area contributed by atoms with E-state index in [0.29, 0.717) is 5.69 Å². The zero-order chi connectivity index (χ0) is 16.3. The van der Waals surface area contributed by atoms with E-state index < -0.39 is 11.9 Å². The van der Waals surface area contributed by atoms with Gasteiger partial charge < -0.3 is 10.0 Å². The van der Waals surface area contributed by atoms with Crippen molar-refractivity contribution in [1.29, 1.82) is 0 Å². The predicted molar refractivity (Wildman–Crippen MR) is 83.0 cm³/mol. The third-order valence-electron chi connectivity index (χ3n) is 3.14. The molecule has 1 N–H and O–H groups in total. The number of aliphatic carboxylic acids is 1. The second kappa shape index (κ2) is 6.69. The molecule has 7 nitrogen and oxygen atoms in total. The Morgan fingerprint density at radius 1 is 1.41 bits per heavy atom. The molecule has 2 rings (SSSR count). The molecule has 0 saturated heterocycles. The third-order valence-corrected chi connectivity index (χ3v) is 3.64. The molecule has 1 aromatic heterocycles. The topological polar surface area (TPSA) is 88.3 Å². The summed E-state index contributed by atoms with van der Waals surface area (Å²) in [5, 5.41) is 16.8. The quantitative estimate of drug-likeness (QED) is 0.872. The average molecular weight is 367 g/mol. The van der Waals surface area contributed by atoms with Crippen molar-refractivity contribution in [2.45, 2.75) is 13.8 Å². The molecule has 0 saturated carbocycles. The summed E-state index contributed by atoms with van der Waals surface area (Å²) in [6.07, 6.45) is 0. The van der Waals surface area contributed by atoms with Gasteiger partial charge in [0.15, 0.2) is 5.69 Å². The van der Waals surface area contributed by atoms with Gasteiger partial charge in [-0.3, -0.25) is 9.59 Å². The van der Waals surface area contributed by atoms with Gasteiger partial charge in [0, 0.05) is 11.0 Å². The van der Waals surface area contributed by atoms with E-state index in [1.54, 1.807) is 18.5 Å². The van der Waals surface area contributed by atoms with Crippen LogP contribution in [0.5, 0.6) is 0 Å². The van der Waals surface area contributed by atoms with E-state index in [1.165, 1.54) is 4.90 Å². The molecule has 116 valence electrons. The van der Waals surface area contributed by atoms with Crippen LogP contribution in [0, 0.1) is 6.92 Å². The minimum atomic E-state index is -1.06. The van der Waals surface area contributed by atoms with Gasteiger partial charge in [0.25, 0.3) is 5.91 Å². The molecule has 0 aliphatic heterocycles. The van der Waals surface area contributed by atoms with Gasteiger partial charge in [-0.05, 0) is 32.0 Å². The second-order valence-electron chi connectivity index (χ2n) is 4.63. The van der Waals surface area contributed by atoms with E-state index in [1.807, 2.05) is 24.3 Å². The first-order valence-corrected chi connectivity index (χ1v) is 7.42. The number of carboxylic acid groups (broad SMARTS) is 1. The molecule has 8 heteroatoms. The van der Waals surface area contributed by atoms with Gasteiger partial charge in [0.1, 0.15) is 6.54 Å². The number of rotatable bonds is 5. The van der Waals surface area contributed by atoms with Crippen molar-refractivity contribution in [2.24, 2.45) is 0 Å². The highest BCUT2D eigenvalue weighted by Gasteiger charge is 2.23. The van der Waals surface area contributed by atoms with Crippen LogP contribution in [0.3, 0.4) is 0 Å². The first-order valence-electron chi connectivity index (χ1n) is 6.63. The molecule has 0 unspecified atom stereocenters. The average Bonchev–Trinajstić information content (AvgIpc) is 2.85. The molecule has 0 aliphatic rings. The molecule has 22 heavy (non-hydrogen) atoms. The van der Waals surface area contributed by atoms with E-state index in [9.17, 15) is 9.59 Å². The van der Waals surface area contributed by atoms with E-state index >= 15 is 0 Å². The molecule has 0 atom stereocenters. The zero-order valence-electron chi connectivity index (χ0n) is 12.2. The van der Waals surface area contributed by atoms with Crippen molar-refractivity contribution >= 4 is 27.8 Å². The molecule has 0 bridgehead atoms. The summed E-state index contributed by atoms with van der Waals surface area (Å²) in [6.45, 7) is 3.37. The Hall–Kier alpha value is -2.22. The molecule has 1 amide bonds. The lowest BCUT2D eigenvalue weighted by Crippen LogP contribution is -2.36. The lowest BCUT2D eigenvalue weighted by atomic mass is 10.2. The standard InChI is InChI=1S/C14H15BrN4O3/c1-3-18(8-12(20)21)14(22)13-9(2)19(17-16-13)11-6-4-5-10(15)7-11/h4-7H,3,8H2,1-2H3,(H,20,21). The van der Waals surface area contributed by atoms with E-state index in [2.05, 4.69) is 26.2 Å². The Balaban J connectivity index is 2.34. The summed E-state index contributed by atoms with van der Waals surface area (Å²) < 4.78 is 2.43. The van der Waals surface area contributed by atoms with E-state index in [4.69, 9.17) is 5.11 Å². The number of amides is 1. The molecule has 0 spiro atoms. The van der Waals surface area contributed by atoms with Crippen LogP contribution in [0.2, 0.25) is 0 Å². The number of carboxylic acids is 1. The monoisotopic (exact) mass is 366 g/mol. The first-order chi connectivity index (χ1) is 10.4. The minimum absolute atomic E-state index is 0.156. The molecule has 1 heterocycles. The van der Waals surface area contributed by atoms with Crippen molar-refractivity contribution in [3.8, 4) is 5.69 Å². The Morgan fingerprint density at radius 2 is 2.14 bits per heavy atom. The number of hydrogen-bond acceptors (Lipinski definition) is 4. The van der Waals surface area contributed by atoms with Gasteiger partial charge in [0.2, 0.25) is 0 Å². The maximum absolute atomic E-state index is 12.4. The third kappa shape index (κ3) is 3.33. The van der Waals surface area contributed by atoms with Crippen molar-refractivity contribution < 1.29 is 14.7 Å². The van der Waals surface area contributed by atoms with Crippen molar-refractivity contribution in [1.82, 2.24) is 19.9 Å². The summed E-state index contributed by atoms with van der Waals surface area (Å²) >= 11 is 3.38. The Morgan fingerprint density at radius 3 is 2.73 bits per heavy atom. The van der Waals surface area contributed by atoms with Crippen LogP contribution in [0.1, 0.15) is 23.1 Å². The Kier molecular flexibility index (Phi) is 4.92. The summed E-state index contributed by atoms with van der Waals surface area (Å²) in [7, 11) is 0. The maximum Gasteiger partial charge on any atom is 0.323 e. The predicted octanol–water partition coefficient (Wildman–Crippen LogP) is 1.88. The van der Waals surface area contributed by atoms with Gasteiger partial charge >= 0.3 is 5.97 Å². The van der Waals surface area contributed by atoms with Crippen LogP contribution in [-0.4, -0.2) is 50.0 Å². The van der Waals surface area contributed by atoms with Crippen LogP contribution in [0.4, 0.5) is 0 Å². The summed E-state index contributed by atoms with van der Waals surface area (Å²) in [4.78, 5) is 24.4. The fraction of sp³-hybridized carbons (Fsp3) is 0.286. The Bertz CT molecular complexity index is 714. The number of carbonyl (C=O) groups excluding carboxylic acids is 1. The van der Waals surface area contributed by atoms with Crippen LogP contribution in [0.15, 0.2) is 28.7 Å². The number of benzene rings is 1. The van der Waals surface area contributed by atoms with Crippen molar-refractivity contribution in [3.05, 3.63) is 40.1 Å². The largest absolute Gasteiger partial charge is 0.480 e. The van der Waals surface area contributed by atoms with E-state index in [-0.39, 0.29) is 18.8 Å². The van der Waals surface area contributed by atoms with Gasteiger partial charge in [-0.2, -0.15) is 0 Å². The van der Waals surface area contributed by atoms with Gasteiger partial charge in [-0.25, -0.2) is 4.68 Å². The van der Waals surface area contributed by atoms with Crippen LogP contribution in [-0.2, 0) is 4.79 Å². The van der Waals surface area contributed by atoms with Crippen LogP contribution >= 0.6 is 15.9 Å². The summed E-state index contributed by atoms with van der Waals surface area (Å²) in [5.41, 5.74) is 1.48. The number of halogens is 1. The number of carbonyl (C=O) groups is 2. The molecule has 0 radical (unpaired) electrons. The highest BCUT2D eigenvalue weighted by molar-refractivity contribution is 9.10. The summed E-state index contributed by atoms with van der Waals surface area (Å²) in [6, 6.07) is 7.43. The number of aromatic nitrogens is 3. The SMILES string of the molecule is CCN(CC(=O)O)C(=O)c1nnn(-c2cccc(Br)c2)c1C. The second-order valence-corrected chi connectivity index (χ2v) is 5.54. The smallest absolute Gasteiger partial charge is 0.323 e. The number of hydrogen-bond donors (Lipinski definition) is 1. The fourth-order valence-corrected chi connectivity index (χ4v) is 2.41. The van der Waals surface area contributed by atoms with Crippen LogP contribution < -0.4 is 0 Å². The van der Waals surface area contributed by atoms with E-state index in [0.717, 1.165) is 10.2 Å². The molecule has 0 aliphatic carbocycles. The molecule has 0 fully saturated rings. The highest BCUT2D eigenvalue weighted by atomic mass is 79.9. The summed E-state index contributed by atoms with van der Waals surface area (Å²) in [5.74, 6) is -1.50. The Labute approximate surface area is 135 Å². The van der Waals surface area contributed by atoms with Gasteiger partial charge in [-0.15, -0.1) is 5.10 Å². The molecule has 2 aromatic rings. The zero-order valence-corrected chi connectivity index (χ0v) is 13.7. The van der Waals surface area contributed by atoms with Crippen LogP contribution in [0.25, 0.3) is 5.69 Å². The number of nitrogens with zero attached hydrogens (tertiary/aromatic N) is 4. The first kappa shape index (κ1) is 16.2. The lowest BCUT2D eigenvalue weighted by molar-refractivity contribution is -0.137. The molecular weight excluding hydrogens is 352 g/mol. The number of likely N-dealkylation sites (N-methyl/N-ethyl adjacent to an activating group) is 1. The van der Waals surface area contributed by atoms with Gasteiger partial charge in [-0.1, -0.05) is 27.2 Å². The van der Waals surface area contributed by atoms with Crippen molar-refractivity contribution in [3.63, 3.8) is 0 Å². The molecule has 1 aromatic carbocycles. The lowest BCUT2D eigenvalue weighted by Gasteiger charge is -2.17. The van der Waals surface area contributed by atoms with Crippen molar-refractivity contribution in [2.75, 3.05) is 13.1 Å². The fourth-order valence-electron chi connectivity index (χ4n) is 2.02. The minimum Gasteiger partial charge on any atom is -0.480 e. The maximum atomic E-state index is 12.4. The normalized spacial score (nSPS) is 10.5. The van der Waals surface area contributed by atoms with Gasteiger partial charge in [0.05, 0.1) is 11.4 Å². The molecular formula is C14H15BrN4O3.